The second-order valence-corrected chi connectivity index (χ2v) is 7.90. The Morgan fingerprint density at radius 3 is 2.75 bits per heavy atom. The highest BCUT2D eigenvalue weighted by Gasteiger charge is 2.42. The molecular formula is C20H25ClF2N2O3. The maximum atomic E-state index is 13.3. The van der Waals surface area contributed by atoms with E-state index in [1.165, 1.54) is 0 Å². The average Bonchev–Trinajstić information content (AvgIpc) is 3.15. The summed E-state index contributed by atoms with van der Waals surface area (Å²) in [6.07, 6.45) is 2.42. The van der Waals surface area contributed by atoms with Crippen molar-refractivity contribution in [3.05, 3.63) is 34.5 Å². The Bertz CT molecular complexity index is 843. The van der Waals surface area contributed by atoms with Crippen LogP contribution in [0.15, 0.2) is 18.3 Å². The number of benzene rings is 1. The molecule has 0 spiro atoms. The van der Waals surface area contributed by atoms with Crippen molar-refractivity contribution in [2.75, 3.05) is 20.3 Å². The highest BCUT2D eigenvalue weighted by atomic mass is 35.5. The first-order valence-electron chi connectivity index (χ1n) is 9.40. The minimum Gasteiger partial charge on any atom is -0.388 e. The van der Waals surface area contributed by atoms with Crippen LogP contribution in [0, 0.1) is 0 Å². The lowest BCUT2D eigenvalue weighted by Gasteiger charge is -2.35. The van der Waals surface area contributed by atoms with Gasteiger partial charge < -0.3 is 20.1 Å². The summed E-state index contributed by atoms with van der Waals surface area (Å²) >= 11 is 6.44. The summed E-state index contributed by atoms with van der Waals surface area (Å²) in [7, 11) is 1.64. The summed E-state index contributed by atoms with van der Waals surface area (Å²) in [6, 6.07) is 3.55. The zero-order chi connectivity index (χ0) is 20.4. The van der Waals surface area contributed by atoms with Crippen LogP contribution in [-0.4, -0.2) is 47.8 Å². The van der Waals surface area contributed by atoms with E-state index in [0.29, 0.717) is 23.6 Å². The van der Waals surface area contributed by atoms with Crippen molar-refractivity contribution < 1.29 is 23.4 Å². The van der Waals surface area contributed by atoms with E-state index in [2.05, 4.69) is 10.3 Å². The van der Waals surface area contributed by atoms with Gasteiger partial charge in [-0.2, -0.15) is 0 Å². The van der Waals surface area contributed by atoms with Gasteiger partial charge >= 0.3 is 0 Å². The maximum absolute atomic E-state index is 13.3. The summed E-state index contributed by atoms with van der Waals surface area (Å²) in [5, 5.41) is 14.3. The molecule has 3 rings (SSSR count). The average molecular weight is 415 g/mol. The molecule has 1 aliphatic carbocycles. The number of aliphatic hydroxyl groups is 1. The zero-order valence-corrected chi connectivity index (χ0v) is 16.5. The van der Waals surface area contributed by atoms with Crippen LogP contribution in [-0.2, 0) is 11.2 Å². The van der Waals surface area contributed by atoms with Gasteiger partial charge in [0.05, 0.1) is 21.7 Å². The fourth-order valence-electron chi connectivity index (χ4n) is 3.64. The van der Waals surface area contributed by atoms with Crippen molar-refractivity contribution in [3.8, 4) is 0 Å². The number of fused-ring (bicyclic) bond motifs is 1. The Hall–Kier alpha value is -1.70. The van der Waals surface area contributed by atoms with E-state index >= 15 is 0 Å². The molecule has 0 saturated heterocycles. The largest absolute Gasteiger partial charge is 0.388 e. The molecule has 5 nitrogen and oxygen atoms in total. The quantitative estimate of drug-likeness (QED) is 0.598. The zero-order valence-electron chi connectivity index (χ0n) is 15.8. The van der Waals surface area contributed by atoms with Crippen LogP contribution in [0.5, 0.6) is 0 Å². The number of hydrogen-bond acceptors (Lipinski definition) is 3. The Kier molecular flexibility index (Phi) is 6.27. The second-order valence-electron chi connectivity index (χ2n) is 7.52. The highest BCUT2D eigenvalue weighted by molar-refractivity contribution is 6.38. The van der Waals surface area contributed by atoms with Crippen LogP contribution in [0.4, 0.5) is 8.78 Å². The number of amides is 1. The fraction of sp³-hybridized carbons (Fsp3) is 0.550. The predicted molar refractivity (Wildman–Crippen MR) is 104 cm³/mol. The molecule has 1 fully saturated rings. The van der Waals surface area contributed by atoms with Gasteiger partial charge in [0.15, 0.2) is 0 Å². The van der Waals surface area contributed by atoms with Gasteiger partial charge in [0.25, 0.3) is 5.91 Å². The molecule has 1 aromatic carbocycles. The van der Waals surface area contributed by atoms with Crippen molar-refractivity contribution >= 4 is 28.4 Å². The van der Waals surface area contributed by atoms with E-state index in [0.717, 1.165) is 22.9 Å². The normalized spacial score (nSPS) is 18.3. The lowest BCUT2D eigenvalue weighted by atomic mass is 9.82. The first kappa shape index (κ1) is 21.0. The molecule has 0 bridgehead atoms. The van der Waals surface area contributed by atoms with Crippen LogP contribution in [0.2, 0.25) is 5.02 Å². The van der Waals surface area contributed by atoms with Crippen LogP contribution in [0.25, 0.3) is 10.9 Å². The number of H-pyrrole nitrogens is 1. The number of rotatable bonds is 7. The smallest absolute Gasteiger partial charge is 0.252 e. The minimum absolute atomic E-state index is 0.0485. The number of ether oxygens (including phenoxy) is 1. The Balaban J connectivity index is 1.75. The molecule has 8 heteroatoms. The van der Waals surface area contributed by atoms with E-state index in [1.807, 2.05) is 6.07 Å². The molecule has 1 amide bonds. The molecule has 0 atom stereocenters. The minimum atomic E-state index is -2.74. The summed E-state index contributed by atoms with van der Waals surface area (Å²) in [5.74, 6) is -3.16. The number of aryl methyl sites for hydroxylation is 1. The number of carbonyl (C=O) groups is 1. The second kappa shape index (κ2) is 8.35. The number of halogens is 3. The van der Waals surface area contributed by atoms with Crippen LogP contribution in [0.3, 0.4) is 0 Å². The number of methoxy groups -OCH3 is 1. The number of carbonyl (C=O) groups excluding carboxylic acids is 1. The van der Waals surface area contributed by atoms with Crippen LogP contribution >= 0.6 is 11.6 Å². The van der Waals surface area contributed by atoms with Crippen molar-refractivity contribution in [3.63, 3.8) is 0 Å². The predicted octanol–water partition coefficient (Wildman–Crippen LogP) is 4.07. The van der Waals surface area contributed by atoms with Crippen molar-refractivity contribution in [2.45, 2.75) is 50.0 Å². The molecule has 1 aliphatic rings. The molecule has 1 heterocycles. The van der Waals surface area contributed by atoms with Crippen LogP contribution in [0.1, 0.15) is 48.0 Å². The first-order chi connectivity index (χ1) is 13.2. The summed E-state index contributed by atoms with van der Waals surface area (Å²) in [5.41, 5.74) is 0.822. The van der Waals surface area contributed by atoms with Crippen molar-refractivity contribution in [1.82, 2.24) is 10.3 Å². The highest BCUT2D eigenvalue weighted by Crippen LogP contribution is 2.38. The number of aromatic nitrogens is 1. The summed E-state index contributed by atoms with van der Waals surface area (Å²) in [6.45, 7) is 0.520. The van der Waals surface area contributed by atoms with Gasteiger partial charge in [-0.1, -0.05) is 11.6 Å². The molecule has 3 N–H and O–H groups in total. The Labute approximate surface area is 167 Å². The molecule has 0 unspecified atom stereocenters. The Morgan fingerprint density at radius 2 is 2.07 bits per heavy atom. The number of aromatic amines is 1. The molecular weight excluding hydrogens is 390 g/mol. The molecule has 0 radical (unpaired) electrons. The molecule has 28 heavy (non-hydrogen) atoms. The fourth-order valence-corrected chi connectivity index (χ4v) is 3.94. The third kappa shape index (κ3) is 4.64. The molecule has 0 aliphatic heterocycles. The number of nitrogens with one attached hydrogen (secondary N) is 2. The van der Waals surface area contributed by atoms with E-state index in [1.54, 1.807) is 19.4 Å². The van der Waals surface area contributed by atoms with E-state index in [9.17, 15) is 18.7 Å². The molecule has 2 aromatic rings. The summed E-state index contributed by atoms with van der Waals surface area (Å²) < 4.78 is 31.7. The number of alkyl halides is 2. The molecule has 154 valence electrons. The van der Waals surface area contributed by atoms with Gasteiger partial charge in [0, 0.05) is 44.7 Å². The van der Waals surface area contributed by atoms with E-state index in [4.69, 9.17) is 16.3 Å². The van der Waals surface area contributed by atoms with Gasteiger partial charge in [-0.05, 0) is 43.4 Å². The third-order valence-corrected chi connectivity index (χ3v) is 5.80. The standard InChI is InChI=1S/C20H25ClF2N2O3/c1-28-10-2-3-13-11-15(16(21)14-4-9-24-17(13)14)18(26)25-12-19(27)5-7-20(22,23)8-6-19/h4,9,11,24,27H,2-3,5-8,10,12H2,1H3,(H,25,26). The first-order valence-corrected chi connectivity index (χ1v) is 9.78. The van der Waals surface area contributed by atoms with Crippen molar-refractivity contribution in [1.29, 1.82) is 0 Å². The van der Waals surface area contributed by atoms with Gasteiger partial charge in [0.1, 0.15) is 0 Å². The lowest BCUT2D eigenvalue weighted by molar-refractivity contribution is -0.101. The maximum Gasteiger partial charge on any atom is 0.252 e. The van der Waals surface area contributed by atoms with Crippen LogP contribution < -0.4 is 5.32 Å². The number of hydrogen-bond donors (Lipinski definition) is 3. The Morgan fingerprint density at radius 1 is 1.36 bits per heavy atom. The van der Waals surface area contributed by atoms with Gasteiger partial charge in [-0.25, -0.2) is 8.78 Å². The monoisotopic (exact) mass is 414 g/mol. The topological polar surface area (TPSA) is 74.3 Å². The van der Waals surface area contributed by atoms with Gasteiger partial charge in [-0.15, -0.1) is 0 Å². The van der Waals surface area contributed by atoms with Gasteiger partial charge in [-0.3, -0.25) is 4.79 Å². The van der Waals surface area contributed by atoms with E-state index < -0.39 is 17.4 Å². The summed E-state index contributed by atoms with van der Waals surface area (Å²) in [4.78, 5) is 15.9. The molecule has 1 aromatic heterocycles. The lowest BCUT2D eigenvalue weighted by Crippen LogP contribution is -2.47. The van der Waals surface area contributed by atoms with Gasteiger partial charge in [0.2, 0.25) is 5.92 Å². The third-order valence-electron chi connectivity index (χ3n) is 5.39. The SMILES string of the molecule is COCCCc1cc(C(=O)NCC2(O)CCC(F)(F)CC2)c(Cl)c2cc[nH]c12. The molecule has 1 saturated carbocycles. The van der Waals surface area contributed by atoms with Crippen molar-refractivity contribution in [2.24, 2.45) is 0 Å². The van der Waals surface area contributed by atoms with E-state index in [-0.39, 0.29) is 32.2 Å².